The smallest absolute Gasteiger partial charge is 0.255 e. The van der Waals surface area contributed by atoms with Gasteiger partial charge in [0.05, 0.1) is 29.2 Å². The molecule has 2 aromatic heterocycles. The second-order valence-corrected chi connectivity index (χ2v) is 7.08. The van der Waals surface area contributed by atoms with E-state index in [1.807, 2.05) is 23.3 Å². The Morgan fingerprint density at radius 1 is 1.41 bits per heavy atom. The number of thiophene rings is 1. The normalized spacial score (nSPS) is 18.2. The molecule has 2 aromatic rings. The van der Waals surface area contributed by atoms with E-state index in [2.05, 4.69) is 23.8 Å². The van der Waals surface area contributed by atoms with Gasteiger partial charge < -0.3 is 4.90 Å². The lowest BCUT2D eigenvalue weighted by Crippen LogP contribution is -2.30. The van der Waals surface area contributed by atoms with Crippen molar-refractivity contribution in [3.05, 3.63) is 45.7 Å². The van der Waals surface area contributed by atoms with Gasteiger partial charge in [-0.1, -0.05) is 13.8 Å². The Kier molecular flexibility index (Phi) is 4.25. The number of nitrogens with zero attached hydrogens (tertiary/aromatic N) is 3. The number of carbonyl (C=O) groups excluding carboxylic acids is 1. The van der Waals surface area contributed by atoms with Crippen LogP contribution in [0.25, 0.3) is 0 Å². The molecule has 0 aliphatic carbocycles. The van der Waals surface area contributed by atoms with E-state index in [1.165, 1.54) is 4.88 Å². The lowest BCUT2D eigenvalue weighted by atomic mass is 10.1. The Morgan fingerprint density at radius 2 is 2.23 bits per heavy atom. The molecule has 116 valence electrons. The summed E-state index contributed by atoms with van der Waals surface area (Å²) in [6.07, 6.45) is 5.52. The number of amides is 1. The van der Waals surface area contributed by atoms with Gasteiger partial charge in [-0.2, -0.15) is 0 Å². The Bertz CT molecular complexity index is 680. The highest BCUT2D eigenvalue weighted by atomic mass is 32.1. The van der Waals surface area contributed by atoms with Gasteiger partial charge in [-0.25, -0.2) is 0 Å². The lowest BCUT2D eigenvalue weighted by molar-refractivity contribution is 0.0733. The number of carbonyl (C=O) groups is 1. The number of aryl methyl sites for hydroxylation is 1. The van der Waals surface area contributed by atoms with E-state index in [-0.39, 0.29) is 11.9 Å². The average Bonchev–Trinajstić information content (AvgIpc) is 3.16. The summed E-state index contributed by atoms with van der Waals surface area (Å²) >= 11 is 1.67. The Labute approximate surface area is 135 Å². The fraction of sp³-hybridized carbons (Fsp3) is 0.471. The summed E-state index contributed by atoms with van der Waals surface area (Å²) in [7, 11) is 0. The predicted octanol–water partition coefficient (Wildman–Crippen LogP) is 3.95. The third kappa shape index (κ3) is 2.90. The quantitative estimate of drug-likeness (QED) is 0.861. The molecule has 0 spiro atoms. The van der Waals surface area contributed by atoms with Gasteiger partial charge in [-0.3, -0.25) is 14.8 Å². The fourth-order valence-corrected chi connectivity index (χ4v) is 3.79. The molecule has 0 saturated carbocycles. The molecule has 0 N–H and O–H groups in total. The standard InChI is InChI=1S/C17H21N3OS/c1-11(2)16-7-13(10-22-16)17(21)20-6-4-5-15(20)14-9-18-8-12(3)19-14/h7-11,15H,4-6H2,1-3H3/t15-/m1/s1. The summed E-state index contributed by atoms with van der Waals surface area (Å²) in [5.74, 6) is 0.581. The van der Waals surface area contributed by atoms with Gasteiger partial charge in [0.15, 0.2) is 0 Å². The Morgan fingerprint density at radius 3 is 2.91 bits per heavy atom. The first-order chi connectivity index (χ1) is 10.6. The number of rotatable bonds is 3. The van der Waals surface area contributed by atoms with E-state index in [9.17, 15) is 4.79 Å². The van der Waals surface area contributed by atoms with Crippen molar-refractivity contribution in [3.63, 3.8) is 0 Å². The molecule has 1 saturated heterocycles. The SMILES string of the molecule is Cc1cncc([C@H]2CCCN2C(=O)c2csc(C(C)C)c2)n1. The van der Waals surface area contributed by atoms with Gasteiger partial charge in [0, 0.05) is 23.0 Å². The van der Waals surface area contributed by atoms with Crippen LogP contribution in [0.4, 0.5) is 0 Å². The van der Waals surface area contributed by atoms with Crippen LogP contribution in [-0.4, -0.2) is 27.3 Å². The molecular weight excluding hydrogens is 294 g/mol. The van der Waals surface area contributed by atoms with Crippen LogP contribution < -0.4 is 0 Å². The van der Waals surface area contributed by atoms with Crippen molar-refractivity contribution in [2.45, 2.75) is 45.6 Å². The minimum Gasteiger partial charge on any atom is -0.330 e. The molecule has 1 amide bonds. The molecule has 1 aliphatic heterocycles. The summed E-state index contributed by atoms with van der Waals surface area (Å²) in [6.45, 7) is 7.04. The highest BCUT2D eigenvalue weighted by molar-refractivity contribution is 7.10. The molecule has 0 unspecified atom stereocenters. The molecule has 0 aromatic carbocycles. The maximum Gasteiger partial charge on any atom is 0.255 e. The first-order valence-corrected chi connectivity index (χ1v) is 8.62. The summed E-state index contributed by atoms with van der Waals surface area (Å²) in [6, 6.07) is 2.09. The molecular formula is C17H21N3OS. The minimum atomic E-state index is 0.0577. The maximum absolute atomic E-state index is 12.8. The molecule has 22 heavy (non-hydrogen) atoms. The van der Waals surface area contributed by atoms with E-state index in [4.69, 9.17) is 0 Å². The highest BCUT2D eigenvalue weighted by Crippen LogP contribution is 2.33. The lowest BCUT2D eigenvalue weighted by Gasteiger charge is -2.24. The van der Waals surface area contributed by atoms with Crippen molar-refractivity contribution in [1.29, 1.82) is 0 Å². The molecule has 0 radical (unpaired) electrons. The van der Waals surface area contributed by atoms with E-state index in [0.717, 1.165) is 36.3 Å². The van der Waals surface area contributed by atoms with E-state index in [0.29, 0.717) is 5.92 Å². The number of hydrogen-bond acceptors (Lipinski definition) is 4. The summed E-state index contributed by atoms with van der Waals surface area (Å²) < 4.78 is 0. The molecule has 1 fully saturated rings. The average molecular weight is 315 g/mol. The second kappa shape index (κ2) is 6.16. The van der Waals surface area contributed by atoms with E-state index < -0.39 is 0 Å². The molecule has 1 atom stereocenters. The van der Waals surface area contributed by atoms with Crippen LogP contribution in [0.15, 0.2) is 23.8 Å². The third-order valence-corrected chi connectivity index (χ3v) is 5.30. The summed E-state index contributed by atoms with van der Waals surface area (Å²) in [4.78, 5) is 24.8. The van der Waals surface area contributed by atoms with Gasteiger partial charge in [0.1, 0.15) is 0 Å². The zero-order chi connectivity index (χ0) is 15.7. The zero-order valence-corrected chi connectivity index (χ0v) is 14.1. The molecule has 0 bridgehead atoms. The largest absolute Gasteiger partial charge is 0.330 e. The first kappa shape index (κ1) is 15.2. The summed E-state index contributed by atoms with van der Waals surface area (Å²) in [5.41, 5.74) is 2.61. The van der Waals surface area contributed by atoms with Gasteiger partial charge in [0.25, 0.3) is 5.91 Å². The van der Waals surface area contributed by atoms with Crippen LogP contribution in [-0.2, 0) is 0 Å². The van der Waals surface area contributed by atoms with Crippen molar-refractivity contribution in [2.24, 2.45) is 0 Å². The van der Waals surface area contributed by atoms with Crippen LogP contribution in [0.5, 0.6) is 0 Å². The summed E-state index contributed by atoms with van der Waals surface area (Å²) in [5, 5.41) is 1.98. The third-order valence-electron chi connectivity index (χ3n) is 4.06. The number of aromatic nitrogens is 2. The van der Waals surface area contributed by atoms with Gasteiger partial charge >= 0.3 is 0 Å². The van der Waals surface area contributed by atoms with Crippen molar-refractivity contribution in [2.75, 3.05) is 6.54 Å². The van der Waals surface area contributed by atoms with Gasteiger partial charge in [-0.15, -0.1) is 11.3 Å². The fourth-order valence-electron chi connectivity index (χ4n) is 2.89. The van der Waals surface area contributed by atoms with Crippen LogP contribution in [0, 0.1) is 6.92 Å². The first-order valence-electron chi connectivity index (χ1n) is 7.74. The van der Waals surface area contributed by atoms with E-state index in [1.54, 1.807) is 23.7 Å². The van der Waals surface area contributed by atoms with Gasteiger partial charge in [-0.05, 0) is 31.7 Å². The van der Waals surface area contributed by atoms with Crippen molar-refractivity contribution < 1.29 is 4.79 Å². The second-order valence-electron chi connectivity index (χ2n) is 6.13. The van der Waals surface area contributed by atoms with Crippen LogP contribution in [0.1, 0.15) is 65.3 Å². The predicted molar refractivity (Wildman–Crippen MR) is 88.2 cm³/mol. The molecule has 3 heterocycles. The monoisotopic (exact) mass is 315 g/mol. The molecule has 1 aliphatic rings. The molecule has 5 heteroatoms. The number of hydrogen-bond donors (Lipinski definition) is 0. The van der Waals surface area contributed by atoms with Crippen molar-refractivity contribution in [1.82, 2.24) is 14.9 Å². The molecule has 3 rings (SSSR count). The Hall–Kier alpha value is -1.75. The van der Waals surface area contributed by atoms with Crippen molar-refractivity contribution >= 4 is 17.2 Å². The van der Waals surface area contributed by atoms with Crippen molar-refractivity contribution in [3.8, 4) is 0 Å². The van der Waals surface area contributed by atoms with Crippen LogP contribution in [0.3, 0.4) is 0 Å². The maximum atomic E-state index is 12.8. The van der Waals surface area contributed by atoms with Crippen LogP contribution in [0.2, 0.25) is 0 Å². The highest BCUT2D eigenvalue weighted by Gasteiger charge is 2.32. The van der Waals surface area contributed by atoms with E-state index >= 15 is 0 Å². The van der Waals surface area contributed by atoms with Gasteiger partial charge in [0.2, 0.25) is 0 Å². The Balaban J connectivity index is 1.84. The topological polar surface area (TPSA) is 46.1 Å². The number of likely N-dealkylation sites (tertiary alicyclic amines) is 1. The molecule has 4 nitrogen and oxygen atoms in total. The zero-order valence-electron chi connectivity index (χ0n) is 13.2. The minimum absolute atomic E-state index is 0.0577. The van der Waals surface area contributed by atoms with Crippen LogP contribution >= 0.6 is 11.3 Å².